The number of anilines is 1. The van der Waals surface area contributed by atoms with Gasteiger partial charge in [0.25, 0.3) is 0 Å². The number of hydrazine groups is 1. The van der Waals surface area contributed by atoms with Gasteiger partial charge in [-0.25, -0.2) is 5.01 Å². The Labute approximate surface area is 219 Å². The molecule has 1 aliphatic rings. The minimum atomic E-state index is -0.890. The predicted octanol–water partition coefficient (Wildman–Crippen LogP) is 2.67. The number of hydrogen-bond acceptors (Lipinski definition) is 8. The van der Waals surface area contributed by atoms with Gasteiger partial charge < -0.3 is 30.0 Å². The number of benzene rings is 2. The van der Waals surface area contributed by atoms with Crippen molar-refractivity contribution in [3.05, 3.63) is 64.3 Å². The Morgan fingerprint density at radius 3 is 2.59 bits per heavy atom. The van der Waals surface area contributed by atoms with E-state index in [1.165, 1.54) is 11.1 Å². The van der Waals surface area contributed by atoms with E-state index in [4.69, 9.17) is 14.7 Å². The molecule has 37 heavy (non-hydrogen) atoms. The number of carbonyl (C=O) groups is 1. The zero-order valence-corrected chi connectivity index (χ0v) is 22.5. The molecule has 4 N–H and O–H groups in total. The number of ether oxygens (including phenoxy) is 1. The molecule has 0 saturated heterocycles. The third kappa shape index (κ3) is 7.69. The minimum absolute atomic E-state index is 0.0102. The van der Waals surface area contributed by atoms with E-state index < -0.39 is 18.6 Å². The van der Waals surface area contributed by atoms with Crippen LogP contribution in [0.4, 0.5) is 5.69 Å². The number of aryl methyl sites for hydroxylation is 3. The van der Waals surface area contributed by atoms with Gasteiger partial charge in [-0.15, -0.1) is 0 Å². The van der Waals surface area contributed by atoms with Gasteiger partial charge >= 0.3 is 0 Å². The third-order valence-corrected chi connectivity index (χ3v) is 6.33. The second kappa shape index (κ2) is 13.4. The van der Waals surface area contributed by atoms with Crippen LogP contribution in [-0.4, -0.2) is 60.5 Å². The number of aliphatic hydroxyl groups is 2. The van der Waals surface area contributed by atoms with Crippen molar-refractivity contribution in [1.29, 1.82) is 0 Å². The lowest BCUT2D eigenvalue weighted by atomic mass is 10.0. The van der Waals surface area contributed by atoms with Gasteiger partial charge in [-0.05, 0) is 79.9 Å². The first-order valence-electron chi connectivity index (χ1n) is 12.8. The van der Waals surface area contributed by atoms with E-state index in [0.717, 1.165) is 54.1 Å². The Bertz CT molecular complexity index is 1100. The minimum Gasteiger partial charge on any atom is -0.490 e. The van der Waals surface area contributed by atoms with Crippen LogP contribution >= 0.6 is 0 Å². The summed E-state index contributed by atoms with van der Waals surface area (Å²) in [7, 11) is 2.11. The average Bonchev–Trinajstić information content (AvgIpc) is 3.40. The van der Waals surface area contributed by atoms with E-state index in [1.807, 2.05) is 37.2 Å². The predicted molar refractivity (Wildman–Crippen MR) is 145 cm³/mol. The van der Waals surface area contributed by atoms with Crippen molar-refractivity contribution in [2.24, 2.45) is 0 Å². The number of hydrogen-bond donors (Lipinski definition) is 4. The van der Waals surface area contributed by atoms with Crippen LogP contribution in [0.1, 0.15) is 48.6 Å². The lowest BCUT2D eigenvalue weighted by molar-refractivity contribution is -0.124. The van der Waals surface area contributed by atoms with Gasteiger partial charge in [0.1, 0.15) is 25.1 Å². The van der Waals surface area contributed by atoms with Crippen molar-refractivity contribution in [2.75, 3.05) is 38.4 Å². The van der Waals surface area contributed by atoms with E-state index in [0.29, 0.717) is 5.75 Å². The number of carbonyl (C=O) groups excluding carboxylic acids is 1. The van der Waals surface area contributed by atoms with E-state index >= 15 is 0 Å². The van der Waals surface area contributed by atoms with Crippen LogP contribution in [0.3, 0.4) is 0 Å². The molecule has 1 amide bonds. The van der Waals surface area contributed by atoms with Crippen LogP contribution in [0, 0.1) is 6.92 Å². The molecule has 9 heteroatoms. The summed E-state index contributed by atoms with van der Waals surface area (Å²) in [6, 6.07) is 10.6. The van der Waals surface area contributed by atoms with Crippen LogP contribution in [0.25, 0.3) is 5.76 Å². The highest BCUT2D eigenvalue weighted by molar-refractivity contribution is 5.76. The summed E-state index contributed by atoms with van der Waals surface area (Å²) in [4.78, 5) is 19.3. The maximum absolute atomic E-state index is 11.2. The summed E-state index contributed by atoms with van der Waals surface area (Å²) in [5.41, 5.74) is 9.37. The lowest BCUT2D eigenvalue weighted by Gasteiger charge is -2.20. The summed E-state index contributed by atoms with van der Waals surface area (Å²) in [5, 5.41) is 23.2. The molecule has 0 fully saturated rings. The molecule has 0 aromatic heterocycles. The average molecular weight is 513 g/mol. The molecular weight excluding hydrogens is 472 g/mol. The number of aliphatic hydroxyl groups excluding tert-OH is 2. The number of rotatable bonds is 13. The first-order valence-corrected chi connectivity index (χ1v) is 12.8. The summed E-state index contributed by atoms with van der Waals surface area (Å²) in [5.74, 6) is 0.927. The van der Waals surface area contributed by atoms with Crippen molar-refractivity contribution < 1.29 is 24.6 Å². The van der Waals surface area contributed by atoms with Crippen LogP contribution in [-0.2, 0) is 29.0 Å². The van der Waals surface area contributed by atoms with Crippen molar-refractivity contribution in [3.8, 4) is 5.75 Å². The fraction of sp³-hybridized carbons (Fsp3) is 0.464. The Morgan fingerprint density at radius 2 is 1.92 bits per heavy atom. The molecule has 202 valence electrons. The van der Waals surface area contributed by atoms with Gasteiger partial charge in [-0.2, -0.15) is 0 Å². The van der Waals surface area contributed by atoms with Gasteiger partial charge in [-0.1, -0.05) is 32.4 Å². The fourth-order valence-corrected chi connectivity index (χ4v) is 4.11. The molecule has 3 rings (SSSR count). The van der Waals surface area contributed by atoms with Gasteiger partial charge in [0, 0.05) is 18.7 Å². The molecule has 2 aromatic carbocycles. The molecule has 9 nitrogen and oxygen atoms in total. The molecule has 0 radical (unpaired) electrons. The van der Waals surface area contributed by atoms with Crippen molar-refractivity contribution >= 4 is 17.4 Å². The van der Waals surface area contributed by atoms with Crippen LogP contribution in [0.5, 0.6) is 5.75 Å². The van der Waals surface area contributed by atoms with Crippen molar-refractivity contribution in [2.45, 2.75) is 53.2 Å². The molecule has 1 atom stereocenters. The molecule has 0 spiro atoms. The van der Waals surface area contributed by atoms with Crippen LogP contribution < -0.4 is 20.7 Å². The molecule has 1 heterocycles. The van der Waals surface area contributed by atoms with Gasteiger partial charge in [0.15, 0.2) is 5.76 Å². The Hall–Kier alpha value is -3.11. The van der Waals surface area contributed by atoms with Crippen molar-refractivity contribution in [1.82, 2.24) is 15.8 Å². The van der Waals surface area contributed by atoms with Gasteiger partial charge in [0.2, 0.25) is 5.91 Å². The Morgan fingerprint density at radius 1 is 1.16 bits per heavy atom. The topological polar surface area (TPSA) is 107 Å². The van der Waals surface area contributed by atoms with E-state index in [2.05, 4.69) is 54.9 Å². The van der Waals surface area contributed by atoms with Crippen molar-refractivity contribution in [3.63, 3.8) is 0 Å². The lowest BCUT2D eigenvalue weighted by Crippen LogP contribution is -2.36. The van der Waals surface area contributed by atoms with Gasteiger partial charge in [-0.3, -0.25) is 4.79 Å². The summed E-state index contributed by atoms with van der Waals surface area (Å²) >= 11 is 0. The normalized spacial score (nSPS) is 13.9. The van der Waals surface area contributed by atoms with Crippen LogP contribution in [0.15, 0.2) is 36.5 Å². The van der Waals surface area contributed by atoms with Crippen LogP contribution in [0.2, 0.25) is 0 Å². The standard InChI is InChI=1S/C28H40N4O5/c1-6-20-10-21(15-31(5)8-3)12-23(11-20)26-16-32(30-37-26)24-9-19(4)28(22(7-2)13-24)36-18-25(34)14-29-27(35)17-33/h9-13,16,25,30,33-34H,6-8,14-15,17-18H2,1-5H3,(H,29,35)/t25-/m0/s1. The number of nitrogens with one attached hydrogen (secondary N) is 2. The highest BCUT2D eigenvalue weighted by Crippen LogP contribution is 2.33. The smallest absolute Gasteiger partial charge is 0.245 e. The molecule has 0 aliphatic carbocycles. The molecular formula is C28H40N4O5. The summed E-state index contributed by atoms with van der Waals surface area (Å²) in [6.45, 7) is 9.60. The number of nitrogens with zero attached hydrogens (tertiary/aromatic N) is 2. The zero-order valence-electron chi connectivity index (χ0n) is 22.5. The molecule has 1 aliphatic heterocycles. The Balaban J connectivity index is 1.77. The van der Waals surface area contributed by atoms with E-state index in [9.17, 15) is 9.90 Å². The largest absolute Gasteiger partial charge is 0.490 e. The zero-order chi connectivity index (χ0) is 26.9. The summed E-state index contributed by atoms with van der Waals surface area (Å²) < 4.78 is 5.92. The number of amides is 1. The molecule has 0 bridgehead atoms. The first-order chi connectivity index (χ1) is 17.8. The van der Waals surface area contributed by atoms with Gasteiger partial charge in [0.05, 0.1) is 11.9 Å². The monoisotopic (exact) mass is 512 g/mol. The molecule has 0 saturated carbocycles. The highest BCUT2D eigenvalue weighted by Gasteiger charge is 2.20. The van der Waals surface area contributed by atoms with E-state index in [-0.39, 0.29) is 13.2 Å². The SMILES string of the molecule is CCc1cc(CN(C)CC)cc(C2=CN(c3cc(C)c(OC[C@@H](O)CNC(=O)CO)c(CC)c3)NO2)c1. The third-order valence-electron chi connectivity index (χ3n) is 6.33. The Kier molecular flexibility index (Phi) is 10.3. The molecule has 0 unspecified atom stereocenters. The maximum atomic E-state index is 11.2. The second-order valence-corrected chi connectivity index (χ2v) is 9.31. The summed E-state index contributed by atoms with van der Waals surface area (Å²) in [6.07, 6.45) is 2.74. The molecule has 2 aromatic rings. The highest BCUT2D eigenvalue weighted by atomic mass is 16.7. The van der Waals surface area contributed by atoms with E-state index in [1.54, 1.807) is 0 Å². The first kappa shape index (κ1) is 28.5. The maximum Gasteiger partial charge on any atom is 0.245 e. The fourth-order valence-electron chi connectivity index (χ4n) is 4.11. The quantitative estimate of drug-likeness (QED) is 0.325. The second-order valence-electron chi connectivity index (χ2n) is 9.31.